The van der Waals surface area contributed by atoms with Crippen molar-refractivity contribution in [3.63, 3.8) is 0 Å². The predicted molar refractivity (Wildman–Crippen MR) is 135 cm³/mol. The van der Waals surface area contributed by atoms with E-state index in [2.05, 4.69) is 52.4 Å². The van der Waals surface area contributed by atoms with Crippen LogP contribution < -0.4 is 5.32 Å². The Balaban J connectivity index is 1.43. The lowest BCUT2D eigenvalue weighted by Gasteiger charge is -2.22. The molecule has 0 spiro atoms. The number of aromatic nitrogens is 1. The Kier molecular flexibility index (Phi) is 6.39. The maximum absolute atomic E-state index is 12.1. The van der Waals surface area contributed by atoms with Gasteiger partial charge in [0.1, 0.15) is 11.4 Å². The zero-order valence-corrected chi connectivity index (χ0v) is 19.6. The van der Waals surface area contributed by atoms with Crippen LogP contribution in [0.4, 0.5) is 5.69 Å². The Hall–Kier alpha value is -2.82. The number of nitrogens with zero attached hydrogens (tertiary/aromatic N) is 2. The van der Waals surface area contributed by atoms with Crippen molar-refractivity contribution in [1.82, 2.24) is 4.57 Å². The molecule has 0 bridgehead atoms. The average Bonchev–Trinajstić information content (AvgIpc) is 3.57. The zero-order chi connectivity index (χ0) is 22.8. The first-order valence-electron chi connectivity index (χ1n) is 12.6. The normalized spacial score (nSPS) is 23.1. The average molecular weight is 446 g/mol. The molecule has 2 saturated carbocycles. The minimum atomic E-state index is -0.923. The standard InChI is InChI=1S/C28H35N3O2/c1-31-15-13-23-17-24(16-22(26(23)31)10-9-19-6-3-2-4-7-19)30-27-25(28(32)33)18-21(20-11-12-20)8-5-14-29-27/h8,13,15-20H,2-7,9-12,14H2,1H3,(H,29,30)(H,32,33)/b21-8+,25-18+. The lowest BCUT2D eigenvalue weighted by atomic mass is 9.85. The third kappa shape index (κ3) is 5.07. The lowest BCUT2D eigenvalue weighted by molar-refractivity contribution is -0.132. The summed E-state index contributed by atoms with van der Waals surface area (Å²) in [4.78, 5) is 16.8. The van der Waals surface area contributed by atoms with E-state index in [4.69, 9.17) is 0 Å². The molecule has 5 nitrogen and oxygen atoms in total. The first-order chi connectivity index (χ1) is 16.1. The van der Waals surface area contributed by atoms with Gasteiger partial charge in [0.15, 0.2) is 0 Å². The quantitative estimate of drug-likeness (QED) is 0.552. The van der Waals surface area contributed by atoms with Crippen LogP contribution in [0, 0.1) is 11.8 Å². The second kappa shape index (κ2) is 9.58. The van der Waals surface area contributed by atoms with Gasteiger partial charge in [0.25, 0.3) is 0 Å². The minimum Gasteiger partial charge on any atom is -0.478 e. The van der Waals surface area contributed by atoms with Gasteiger partial charge in [-0.1, -0.05) is 38.2 Å². The van der Waals surface area contributed by atoms with Crippen LogP contribution in [0.2, 0.25) is 0 Å². The fourth-order valence-corrected chi connectivity index (χ4v) is 5.54. The zero-order valence-electron chi connectivity index (χ0n) is 19.6. The van der Waals surface area contributed by atoms with Gasteiger partial charge in [-0.15, -0.1) is 0 Å². The van der Waals surface area contributed by atoms with Crippen molar-refractivity contribution in [2.24, 2.45) is 23.9 Å². The highest BCUT2D eigenvalue weighted by atomic mass is 16.4. The molecular formula is C28H35N3O2. The number of rotatable bonds is 6. The van der Waals surface area contributed by atoms with E-state index >= 15 is 0 Å². The van der Waals surface area contributed by atoms with E-state index in [1.54, 1.807) is 0 Å². The maximum atomic E-state index is 12.1. The van der Waals surface area contributed by atoms with Crippen LogP contribution in [0.1, 0.15) is 63.4 Å². The fourth-order valence-electron chi connectivity index (χ4n) is 5.54. The Morgan fingerprint density at radius 1 is 1.18 bits per heavy atom. The van der Waals surface area contributed by atoms with Gasteiger partial charge in [-0.3, -0.25) is 4.99 Å². The summed E-state index contributed by atoms with van der Waals surface area (Å²) in [6, 6.07) is 6.48. The van der Waals surface area contributed by atoms with Crippen molar-refractivity contribution in [2.75, 3.05) is 11.9 Å². The van der Waals surface area contributed by atoms with E-state index in [1.165, 1.54) is 55.0 Å². The molecule has 3 aliphatic rings. The van der Waals surface area contributed by atoms with Gasteiger partial charge < -0.3 is 15.0 Å². The van der Waals surface area contributed by atoms with E-state index in [-0.39, 0.29) is 5.57 Å². The summed E-state index contributed by atoms with van der Waals surface area (Å²) in [7, 11) is 2.11. The van der Waals surface area contributed by atoms with Crippen LogP contribution in [-0.4, -0.2) is 28.0 Å². The number of nitrogens with one attached hydrogen (secondary N) is 1. The van der Waals surface area contributed by atoms with Gasteiger partial charge in [-0.2, -0.15) is 0 Å². The Bertz CT molecular complexity index is 1130. The molecule has 0 radical (unpaired) electrons. The highest BCUT2D eigenvalue weighted by Crippen LogP contribution is 2.38. The van der Waals surface area contributed by atoms with Crippen LogP contribution in [-0.2, 0) is 18.3 Å². The number of aliphatic carboxylic acids is 1. The molecule has 33 heavy (non-hydrogen) atoms. The number of allylic oxidation sites excluding steroid dienone is 2. The molecule has 1 aliphatic heterocycles. The van der Waals surface area contributed by atoms with Gasteiger partial charge in [0, 0.05) is 30.9 Å². The summed E-state index contributed by atoms with van der Waals surface area (Å²) >= 11 is 0. The number of aryl methyl sites for hydroxylation is 2. The monoisotopic (exact) mass is 445 g/mol. The van der Waals surface area contributed by atoms with Crippen molar-refractivity contribution >= 4 is 28.4 Å². The SMILES string of the molecule is Cn1ccc2cc(NC3=NCC/C=C(C4CC4)\C=C/3C(=O)O)cc(CCC3CCCCC3)c21. The number of carboxylic acid groups (broad SMARTS) is 1. The summed E-state index contributed by atoms with van der Waals surface area (Å²) in [5.41, 5.74) is 4.97. The van der Waals surface area contributed by atoms with Crippen molar-refractivity contribution in [2.45, 2.75) is 64.2 Å². The van der Waals surface area contributed by atoms with Crippen LogP contribution in [0.3, 0.4) is 0 Å². The third-order valence-electron chi connectivity index (χ3n) is 7.48. The molecule has 5 rings (SSSR count). The summed E-state index contributed by atoms with van der Waals surface area (Å²) in [5, 5.41) is 14.6. The molecule has 0 saturated heterocycles. The van der Waals surface area contributed by atoms with Gasteiger partial charge in [0.2, 0.25) is 0 Å². The van der Waals surface area contributed by atoms with E-state index in [0.29, 0.717) is 18.3 Å². The Morgan fingerprint density at radius 2 is 2.00 bits per heavy atom. The molecule has 2 aliphatic carbocycles. The van der Waals surface area contributed by atoms with Crippen LogP contribution in [0.5, 0.6) is 0 Å². The number of fused-ring (bicyclic) bond motifs is 1. The topological polar surface area (TPSA) is 66.6 Å². The van der Waals surface area contributed by atoms with E-state index in [1.807, 2.05) is 6.08 Å². The molecule has 2 heterocycles. The summed E-state index contributed by atoms with van der Waals surface area (Å²) in [5.74, 6) is 0.899. The second-order valence-corrected chi connectivity index (χ2v) is 10.0. The molecule has 5 heteroatoms. The number of carbonyl (C=O) groups is 1. The maximum Gasteiger partial charge on any atom is 0.339 e. The number of carboxylic acids is 1. The molecule has 0 amide bonds. The van der Waals surface area contributed by atoms with Crippen molar-refractivity contribution in [3.05, 3.63) is 53.3 Å². The molecule has 2 N–H and O–H groups in total. The molecular weight excluding hydrogens is 410 g/mol. The molecule has 1 aromatic heterocycles. The van der Waals surface area contributed by atoms with E-state index < -0.39 is 5.97 Å². The highest BCUT2D eigenvalue weighted by Gasteiger charge is 2.27. The number of hydrogen-bond acceptors (Lipinski definition) is 3. The first kappa shape index (κ1) is 22.0. The molecule has 174 valence electrons. The highest BCUT2D eigenvalue weighted by molar-refractivity contribution is 6.23. The van der Waals surface area contributed by atoms with Crippen LogP contribution in [0.25, 0.3) is 10.9 Å². The number of benzene rings is 1. The van der Waals surface area contributed by atoms with E-state index in [0.717, 1.165) is 42.9 Å². The van der Waals surface area contributed by atoms with Crippen molar-refractivity contribution < 1.29 is 9.90 Å². The molecule has 0 unspecified atom stereocenters. The number of amidine groups is 1. The summed E-state index contributed by atoms with van der Waals surface area (Å²) in [6.45, 7) is 0.602. The molecule has 2 fully saturated rings. The Labute approximate surface area is 196 Å². The summed E-state index contributed by atoms with van der Waals surface area (Å²) < 4.78 is 2.21. The van der Waals surface area contributed by atoms with E-state index in [9.17, 15) is 9.90 Å². The van der Waals surface area contributed by atoms with Crippen LogP contribution in [0.15, 0.2) is 52.7 Å². The lowest BCUT2D eigenvalue weighted by Crippen LogP contribution is -2.22. The van der Waals surface area contributed by atoms with Gasteiger partial charge >= 0.3 is 5.97 Å². The number of aliphatic imine (C=N–C) groups is 1. The molecule has 0 atom stereocenters. The number of anilines is 1. The number of hydrogen-bond donors (Lipinski definition) is 2. The predicted octanol–water partition coefficient (Wildman–Crippen LogP) is 6.25. The van der Waals surface area contributed by atoms with Gasteiger partial charge in [0.05, 0.1) is 5.52 Å². The Morgan fingerprint density at radius 3 is 2.76 bits per heavy atom. The molecule has 2 aromatic rings. The van der Waals surface area contributed by atoms with Crippen molar-refractivity contribution in [1.29, 1.82) is 0 Å². The minimum absolute atomic E-state index is 0.268. The largest absolute Gasteiger partial charge is 0.478 e. The summed E-state index contributed by atoms with van der Waals surface area (Å²) in [6.07, 6.45) is 18.4. The van der Waals surface area contributed by atoms with Crippen LogP contribution >= 0.6 is 0 Å². The van der Waals surface area contributed by atoms with Gasteiger partial charge in [-0.25, -0.2) is 4.79 Å². The fraction of sp³-hybridized carbons (Fsp3) is 0.500. The smallest absolute Gasteiger partial charge is 0.339 e. The van der Waals surface area contributed by atoms with Crippen molar-refractivity contribution in [3.8, 4) is 0 Å². The van der Waals surface area contributed by atoms with Gasteiger partial charge in [-0.05, 0) is 79.4 Å². The second-order valence-electron chi connectivity index (χ2n) is 10.0. The molecule has 1 aromatic carbocycles. The first-order valence-corrected chi connectivity index (χ1v) is 12.6. The third-order valence-corrected chi connectivity index (χ3v) is 7.48.